The van der Waals surface area contributed by atoms with E-state index in [2.05, 4.69) is 50.8 Å². The Bertz CT molecular complexity index is 374. The molecule has 0 saturated carbocycles. The molecule has 0 aliphatic carbocycles. The zero-order chi connectivity index (χ0) is 11.3. The summed E-state index contributed by atoms with van der Waals surface area (Å²) in [5, 5.41) is 0. The van der Waals surface area contributed by atoms with Crippen molar-refractivity contribution in [3.8, 4) is 11.8 Å². The van der Waals surface area contributed by atoms with E-state index in [0.29, 0.717) is 6.54 Å². The first-order valence-corrected chi connectivity index (χ1v) is 5.33. The van der Waals surface area contributed by atoms with Gasteiger partial charge in [0.05, 0.1) is 0 Å². The first-order valence-electron chi connectivity index (χ1n) is 5.33. The van der Waals surface area contributed by atoms with Crippen molar-refractivity contribution in [2.45, 2.75) is 32.6 Å². The highest BCUT2D eigenvalue weighted by molar-refractivity contribution is 5.39. The third-order valence-electron chi connectivity index (χ3n) is 2.23. The van der Waals surface area contributed by atoms with Crippen LogP contribution in [0.1, 0.15) is 38.3 Å². The first kappa shape index (κ1) is 11.8. The molecule has 1 aromatic rings. The lowest BCUT2D eigenvalue weighted by Gasteiger charge is -2.18. The molecule has 15 heavy (non-hydrogen) atoms. The monoisotopic (exact) mass is 201 g/mol. The summed E-state index contributed by atoms with van der Waals surface area (Å²) in [5.41, 5.74) is 7.98. The van der Waals surface area contributed by atoms with Crippen LogP contribution in [0, 0.1) is 11.8 Å². The van der Waals surface area contributed by atoms with Gasteiger partial charge in [0, 0.05) is 18.5 Å². The van der Waals surface area contributed by atoms with E-state index < -0.39 is 0 Å². The van der Waals surface area contributed by atoms with Crippen LogP contribution in [0.3, 0.4) is 0 Å². The summed E-state index contributed by atoms with van der Waals surface area (Å²) in [5.74, 6) is 6.18. The molecular weight excluding hydrogens is 182 g/mol. The van der Waals surface area contributed by atoms with E-state index in [-0.39, 0.29) is 5.41 Å². The average Bonchev–Trinajstić information content (AvgIpc) is 2.17. The Morgan fingerprint density at radius 2 is 2.00 bits per heavy atom. The van der Waals surface area contributed by atoms with Gasteiger partial charge in [0.2, 0.25) is 0 Å². The van der Waals surface area contributed by atoms with Crippen LogP contribution in [0.5, 0.6) is 0 Å². The molecule has 0 bridgehead atoms. The maximum Gasteiger partial charge on any atom is 0.0248 e. The molecule has 0 unspecified atom stereocenters. The first-order chi connectivity index (χ1) is 7.04. The zero-order valence-corrected chi connectivity index (χ0v) is 9.80. The maximum absolute atomic E-state index is 5.39. The molecule has 0 aliphatic heterocycles. The Labute approximate surface area is 92.7 Å². The molecule has 0 aliphatic rings. The fourth-order valence-corrected chi connectivity index (χ4v) is 1.30. The summed E-state index contributed by atoms with van der Waals surface area (Å²) in [6, 6.07) is 8.41. The van der Waals surface area contributed by atoms with Gasteiger partial charge >= 0.3 is 0 Å². The molecule has 0 spiro atoms. The average molecular weight is 201 g/mol. The van der Waals surface area contributed by atoms with Gasteiger partial charge < -0.3 is 5.73 Å². The van der Waals surface area contributed by atoms with E-state index in [9.17, 15) is 0 Å². The Kier molecular flexibility index (Phi) is 3.94. The van der Waals surface area contributed by atoms with Gasteiger partial charge in [-0.15, -0.1) is 0 Å². The van der Waals surface area contributed by atoms with E-state index in [1.165, 1.54) is 5.56 Å². The van der Waals surface area contributed by atoms with Crippen molar-refractivity contribution in [1.29, 1.82) is 0 Å². The summed E-state index contributed by atoms with van der Waals surface area (Å²) in [7, 11) is 0. The Morgan fingerprint density at radius 3 is 2.60 bits per heavy atom. The highest BCUT2D eigenvalue weighted by atomic mass is 14.5. The molecule has 0 amide bonds. The molecule has 0 atom stereocenters. The van der Waals surface area contributed by atoms with Crippen molar-refractivity contribution in [3.05, 3.63) is 35.4 Å². The normalized spacial score (nSPS) is 10.7. The summed E-state index contributed by atoms with van der Waals surface area (Å²) < 4.78 is 0. The minimum Gasteiger partial charge on any atom is -0.330 e. The number of hydrogen-bond acceptors (Lipinski definition) is 1. The van der Waals surface area contributed by atoms with Crippen LogP contribution < -0.4 is 5.73 Å². The summed E-state index contributed by atoms with van der Waals surface area (Å²) in [6.45, 7) is 7.25. The van der Waals surface area contributed by atoms with Crippen LogP contribution in [0.4, 0.5) is 0 Å². The van der Waals surface area contributed by atoms with Crippen LogP contribution >= 0.6 is 0 Å². The number of rotatable bonds is 1. The molecule has 0 heterocycles. The van der Waals surface area contributed by atoms with E-state index in [4.69, 9.17) is 5.73 Å². The Morgan fingerprint density at radius 1 is 1.27 bits per heavy atom. The van der Waals surface area contributed by atoms with Crippen LogP contribution in [-0.4, -0.2) is 6.54 Å². The van der Waals surface area contributed by atoms with Gasteiger partial charge in [-0.05, 0) is 23.1 Å². The second-order valence-corrected chi connectivity index (χ2v) is 4.67. The lowest BCUT2D eigenvalue weighted by Crippen LogP contribution is -2.10. The summed E-state index contributed by atoms with van der Waals surface area (Å²) >= 11 is 0. The quantitative estimate of drug-likeness (QED) is 0.695. The molecule has 0 radical (unpaired) electrons. The molecule has 1 rings (SSSR count). The topological polar surface area (TPSA) is 26.0 Å². The van der Waals surface area contributed by atoms with Gasteiger partial charge in [-0.3, -0.25) is 0 Å². The zero-order valence-electron chi connectivity index (χ0n) is 9.80. The minimum atomic E-state index is 0.186. The highest BCUT2D eigenvalue weighted by Gasteiger charge is 2.12. The third-order valence-corrected chi connectivity index (χ3v) is 2.23. The molecule has 1 nitrogen and oxygen atoms in total. The van der Waals surface area contributed by atoms with E-state index >= 15 is 0 Å². The molecule has 2 N–H and O–H groups in total. The van der Waals surface area contributed by atoms with Crippen LogP contribution in [0.15, 0.2) is 24.3 Å². The van der Waals surface area contributed by atoms with Crippen molar-refractivity contribution in [2.75, 3.05) is 6.54 Å². The van der Waals surface area contributed by atoms with Gasteiger partial charge in [-0.25, -0.2) is 0 Å². The van der Waals surface area contributed by atoms with E-state index in [0.717, 1.165) is 12.0 Å². The van der Waals surface area contributed by atoms with Crippen LogP contribution in [0.2, 0.25) is 0 Å². The third kappa shape index (κ3) is 3.77. The fourth-order valence-electron chi connectivity index (χ4n) is 1.30. The van der Waals surface area contributed by atoms with Crippen molar-refractivity contribution in [2.24, 2.45) is 5.73 Å². The largest absolute Gasteiger partial charge is 0.330 e. The second kappa shape index (κ2) is 5.00. The maximum atomic E-state index is 5.39. The fraction of sp³-hybridized carbons (Fsp3) is 0.429. The SMILES string of the molecule is CC(C)(C)c1cccc(C#CCCN)c1. The van der Waals surface area contributed by atoms with Gasteiger partial charge in [0.25, 0.3) is 0 Å². The predicted octanol–water partition coefficient (Wildman–Crippen LogP) is 2.68. The molecule has 1 aromatic carbocycles. The van der Waals surface area contributed by atoms with Crippen LogP contribution in [-0.2, 0) is 5.41 Å². The number of benzene rings is 1. The summed E-state index contributed by atoms with van der Waals surface area (Å²) in [4.78, 5) is 0. The molecule has 0 fully saturated rings. The molecular formula is C14H19N. The lowest BCUT2D eigenvalue weighted by molar-refractivity contribution is 0.590. The van der Waals surface area contributed by atoms with Gasteiger partial charge in [0.15, 0.2) is 0 Å². The smallest absolute Gasteiger partial charge is 0.0248 e. The molecule has 0 aromatic heterocycles. The van der Waals surface area contributed by atoms with E-state index in [1.54, 1.807) is 0 Å². The predicted molar refractivity (Wildman–Crippen MR) is 65.7 cm³/mol. The highest BCUT2D eigenvalue weighted by Crippen LogP contribution is 2.22. The van der Waals surface area contributed by atoms with Crippen molar-refractivity contribution in [1.82, 2.24) is 0 Å². The van der Waals surface area contributed by atoms with Gasteiger partial charge in [-0.2, -0.15) is 0 Å². The van der Waals surface area contributed by atoms with Crippen molar-refractivity contribution >= 4 is 0 Å². The molecule has 0 saturated heterocycles. The number of hydrogen-bond donors (Lipinski definition) is 1. The molecule has 1 heteroatoms. The molecule has 80 valence electrons. The van der Waals surface area contributed by atoms with Crippen LogP contribution in [0.25, 0.3) is 0 Å². The van der Waals surface area contributed by atoms with Gasteiger partial charge in [0.1, 0.15) is 0 Å². The standard InChI is InChI=1S/C14H19N/c1-14(2,3)13-9-6-8-12(11-13)7-4-5-10-15/h6,8-9,11H,5,10,15H2,1-3H3. The van der Waals surface area contributed by atoms with Gasteiger partial charge in [-0.1, -0.05) is 44.7 Å². The number of nitrogens with two attached hydrogens (primary N) is 1. The van der Waals surface area contributed by atoms with Crippen molar-refractivity contribution < 1.29 is 0 Å². The minimum absolute atomic E-state index is 0.186. The summed E-state index contributed by atoms with van der Waals surface area (Å²) in [6.07, 6.45) is 0.764. The van der Waals surface area contributed by atoms with Crippen molar-refractivity contribution in [3.63, 3.8) is 0 Å². The Hall–Kier alpha value is -1.26. The lowest BCUT2D eigenvalue weighted by atomic mass is 9.86. The second-order valence-electron chi connectivity index (χ2n) is 4.67. The Balaban J connectivity index is 2.90. The van der Waals surface area contributed by atoms with E-state index in [1.807, 2.05) is 6.07 Å².